The molecule has 1 fully saturated rings. The van der Waals surface area contributed by atoms with E-state index in [0.29, 0.717) is 6.54 Å². The lowest BCUT2D eigenvalue weighted by Crippen LogP contribution is -2.47. The number of hydrogen-bond donors (Lipinski definition) is 1. The van der Waals surface area contributed by atoms with E-state index in [0.717, 1.165) is 0 Å². The third-order valence-electron chi connectivity index (χ3n) is 2.77. The van der Waals surface area contributed by atoms with Gasteiger partial charge in [0.2, 0.25) is 0 Å². The molecule has 0 bridgehead atoms. The Morgan fingerprint density at radius 1 is 1.14 bits per heavy atom. The lowest BCUT2D eigenvalue weighted by atomic mass is 9.82. The van der Waals surface area contributed by atoms with Crippen LogP contribution < -0.4 is 5.32 Å². The Morgan fingerprint density at radius 3 is 2.00 bits per heavy atom. The van der Waals surface area contributed by atoms with Crippen molar-refractivity contribution in [1.82, 2.24) is 5.32 Å². The van der Waals surface area contributed by atoms with Crippen LogP contribution in [0.1, 0.15) is 34.1 Å². The molecule has 4 heteroatoms. The molecule has 0 aromatic heterocycles. The predicted molar refractivity (Wildman–Crippen MR) is 52.1 cm³/mol. The minimum Gasteiger partial charge on any atom is -0.314 e. The van der Waals surface area contributed by atoms with Crippen molar-refractivity contribution in [2.75, 3.05) is 6.54 Å². The summed E-state index contributed by atoms with van der Waals surface area (Å²) in [5.41, 5.74) is 0. The van der Waals surface area contributed by atoms with Crippen LogP contribution in [0.3, 0.4) is 0 Å². The Kier molecular flexibility index (Phi) is 5.49. The number of halogens is 3. The highest BCUT2D eigenvalue weighted by molar-refractivity contribution is 4.85. The zero-order chi connectivity index (χ0) is 11.4. The van der Waals surface area contributed by atoms with Crippen LogP contribution in [0.4, 0.5) is 13.2 Å². The van der Waals surface area contributed by atoms with E-state index in [2.05, 4.69) is 5.32 Å². The molecule has 1 N–H and O–H groups in total. The Hall–Kier alpha value is -0.250. The van der Waals surface area contributed by atoms with Gasteiger partial charge in [-0.15, -0.1) is 0 Å². The molecular formula is C10H20F3N. The molecule has 1 nitrogen and oxygen atoms in total. The highest BCUT2D eigenvalue weighted by atomic mass is 19.4. The molecule has 1 aliphatic heterocycles. The van der Waals surface area contributed by atoms with Crippen LogP contribution in [0.5, 0.6) is 0 Å². The Bertz CT molecular complexity index is 156. The molecule has 0 aromatic rings. The minimum atomic E-state index is -4.02. The van der Waals surface area contributed by atoms with Crippen LogP contribution in [0.25, 0.3) is 0 Å². The standard InChI is InChI=1S/C8H14F3N.C2H6/c1-5-6(2)12-4-3-7(5)8(9,10)11;1-2/h5-7,12H,3-4H2,1-2H3;1-2H3. The summed E-state index contributed by atoms with van der Waals surface area (Å²) in [5.74, 6) is -1.42. The van der Waals surface area contributed by atoms with Crippen molar-refractivity contribution in [2.24, 2.45) is 11.8 Å². The molecule has 0 saturated carbocycles. The van der Waals surface area contributed by atoms with Crippen LogP contribution >= 0.6 is 0 Å². The summed E-state index contributed by atoms with van der Waals surface area (Å²) in [6.07, 6.45) is -3.80. The Balaban J connectivity index is 0.000000791. The monoisotopic (exact) mass is 211 g/mol. The van der Waals surface area contributed by atoms with E-state index in [4.69, 9.17) is 0 Å². The molecule has 0 spiro atoms. The highest BCUT2D eigenvalue weighted by Crippen LogP contribution is 2.37. The van der Waals surface area contributed by atoms with Crippen LogP contribution in [-0.2, 0) is 0 Å². The van der Waals surface area contributed by atoms with Gasteiger partial charge in [0.15, 0.2) is 0 Å². The van der Waals surface area contributed by atoms with Gasteiger partial charge in [0.25, 0.3) is 0 Å². The third kappa shape index (κ3) is 3.48. The maximum Gasteiger partial charge on any atom is 0.392 e. The molecular weight excluding hydrogens is 191 g/mol. The van der Waals surface area contributed by atoms with Gasteiger partial charge in [-0.05, 0) is 25.8 Å². The molecule has 3 atom stereocenters. The number of hydrogen-bond acceptors (Lipinski definition) is 1. The fourth-order valence-corrected chi connectivity index (χ4v) is 1.73. The van der Waals surface area contributed by atoms with E-state index >= 15 is 0 Å². The lowest BCUT2D eigenvalue weighted by Gasteiger charge is -2.35. The average molecular weight is 211 g/mol. The fraction of sp³-hybridized carbons (Fsp3) is 1.00. The van der Waals surface area contributed by atoms with Crippen LogP contribution in [0.2, 0.25) is 0 Å². The van der Waals surface area contributed by atoms with Gasteiger partial charge in [-0.1, -0.05) is 20.8 Å². The first-order chi connectivity index (χ1) is 6.43. The van der Waals surface area contributed by atoms with Gasteiger partial charge in [0.05, 0.1) is 5.92 Å². The van der Waals surface area contributed by atoms with Crippen molar-refractivity contribution >= 4 is 0 Å². The van der Waals surface area contributed by atoms with E-state index in [1.165, 1.54) is 0 Å². The smallest absolute Gasteiger partial charge is 0.314 e. The van der Waals surface area contributed by atoms with E-state index in [1.54, 1.807) is 6.92 Å². The second kappa shape index (κ2) is 5.59. The first kappa shape index (κ1) is 13.8. The first-order valence-electron chi connectivity index (χ1n) is 5.23. The summed E-state index contributed by atoms with van der Waals surface area (Å²) in [4.78, 5) is 0. The summed E-state index contributed by atoms with van der Waals surface area (Å²) < 4.78 is 37.0. The highest BCUT2D eigenvalue weighted by Gasteiger charge is 2.45. The Morgan fingerprint density at radius 2 is 1.64 bits per heavy atom. The van der Waals surface area contributed by atoms with Crippen molar-refractivity contribution in [3.63, 3.8) is 0 Å². The molecule has 1 aliphatic rings. The molecule has 3 unspecified atom stereocenters. The summed E-state index contributed by atoms with van der Waals surface area (Å²) in [6.45, 7) is 7.95. The molecule has 1 saturated heterocycles. The largest absolute Gasteiger partial charge is 0.392 e. The quantitative estimate of drug-likeness (QED) is 0.648. The maximum atomic E-state index is 12.3. The van der Waals surface area contributed by atoms with Gasteiger partial charge in [-0.3, -0.25) is 0 Å². The zero-order valence-corrected chi connectivity index (χ0v) is 9.28. The number of piperidine rings is 1. The number of rotatable bonds is 0. The molecule has 0 amide bonds. The topological polar surface area (TPSA) is 12.0 Å². The van der Waals surface area contributed by atoms with Gasteiger partial charge in [0, 0.05) is 6.04 Å². The van der Waals surface area contributed by atoms with Gasteiger partial charge < -0.3 is 5.32 Å². The van der Waals surface area contributed by atoms with Crippen LogP contribution in [-0.4, -0.2) is 18.8 Å². The van der Waals surface area contributed by atoms with Crippen LogP contribution in [0.15, 0.2) is 0 Å². The van der Waals surface area contributed by atoms with Crippen molar-refractivity contribution in [3.05, 3.63) is 0 Å². The normalized spacial score (nSPS) is 33.2. The van der Waals surface area contributed by atoms with Gasteiger partial charge in [-0.2, -0.15) is 13.2 Å². The molecule has 14 heavy (non-hydrogen) atoms. The van der Waals surface area contributed by atoms with Gasteiger partial charge >= 0.3 is 6.18 Å². The molecule has 0 aliphatic carbocycles. The second-order valence-electron chi connectivity index (χ2n) is 3.54. The summed E-state index contributed by atoms with van der Waals surface area (Å²) in [6, 6.07) is -0.0228. The molecule has 1 rings (SSSR count). The Labute approximate surface area is 84.1 Å². The summed E-state index contributed by atoms with van der Waals surface area (Å²) in [5, 5.41) is 3.03. The fourth-order valence-electron chi connectivity index (χ4n) is 1.73. The van der Waals surface area contributed by atoms with Crippen molar-refractivity contribution < 1.29 is 13.2 Å². The minimum absolute atomic E-state index is 0.0228. The molecule has 0 radical (unpaired) electrons. The van der Waals surface area contributed by atoms with E-state index in [9.17, 15) is 13.2 Å². The van der Waals surface area contributed by atoms with Crippen LogP contribution in [0, 0.1) is 11.8 Å². The van der Waals surface area contributed by atoms with Gasteiger partial charge in [0.1, 0.15) is 0 Å². The number of alkyl halides is 3. The molecule has 0 aromatic carbocycles. The SMILES string of the molecule is CC.CC1NCCC(C(F)(F)F)C1C. The van der Waals surface area contributed by atoms with Crippen molar-refractivity contribution in [1.29, 1.82) is 0 Å². The summed E-state index contributed by atoms with van der Waals surface area (Å²) in [7, 11) is 0. The van der Waals surface area contributed by atoms with E-state index < -0.39 is 12.1 Å². The maximum absolute atomic E-state index is 12.3. The average Bonchev–Trinajstić information content (AvgIpc) is 2.11. The molecule has 86 valence electrons. The second-order valence-corrected chi connectivity index (χ2v) is 3.54. The predicted octanol–water partition coefficient (Wildman–Crippen LogP) is 3.21. The lowest BCUT2D eigenvalue weighted by molar-refractivity contribution is -0.195. The third-order valence-corrected chi connectivity index (χ3v) is 2.77. The summed E-state index contributed by atoms with van der Waals surface area (Å²) >= 11 is 0. The van der Waals surface area contributed by atoms with Crippen molar-refractivity contribution in [3.8, 4) is 0 Å². The zero-order valence-electron chi connectivity index (χ0n) is 9.28. The first-order valence-corrected chi connectivity index (χ1v) is 5.23. The number of nitrogens with one attached hydrogen (secondary N) is 1. The van der Waals surface area contributed by atoms with E-state index in [1.807, 2.05) is 20.8 Å². The van der Waals surface area contributed by atoms with Crippen molar-refractivity contribution in [2.45, 2.75) is 46.3 Å². The molecule has 1 heterocycles. The van der Waals surface area contributed by atoms with E-state index in [-0.39, 0.29) is 18.4 Å². The van der Waals surface area contributed by atoms with Gasteiger partial charge in [-0.25, -0.2) is 0 Å².